The molecule has 118 valence electrons. The Morgan fingerprint density at radius 3 is 2.61 bits per heavy atom. The molecule has 0 amide bonds. The molecule has 0 aliphatic heterocycles. The Morgan fingerprint density at radius 2 is 1.91 bits per heavy atom. The summed E-state index contributed by atoms with van der Waals surface area (Å²) in [5.74, 6) is 0.639. The summed E-state index contributed by atoms with van der Waals surface area (Å²) in [5, 5.41) is 4.44. The van der Waals surface area contributed by atoms with Crippen LogP contribution in [-0.2, 0) is 13.6 Å². The fourth-order valence-electron chi connectivity index (χ4n) is 2.54. The van der Waals surface area contributed by atoms with Crippen molar-refractivity contribution < 1.29 is 0 Å². The van der Waals surface area contributed by atoms with Crippen molar-refractivity contribution in [2.24, 2.45) is 7.05 Å². The number of rotatable bonds is 4. The molecule has 3 aromatic rings. The van der Waals surface area contributed by atoms with Crippen LogP contribution in [0.4, 0.5) is 0 Å². The fourth-order valence-corrected chi connectivity index (χ4v) is 2.71. The van der Waals surface area contributed by atoms with Crippen LogP contribution in [0.3, 0.4) is 0 Å². The van der Waals surface area contributed by atoms with E-state index in [4.69, 9.17) is 11.6 Å². The number of aromatic nitrogens is 2. The van der Waals surface area contributed by atoms with Crippen molar-refractivity contribution >= 4 is 22.5 Å². The second kappa shape index (κ2) is 6.52. The summed E-state index contributed by atoms with van der Waals surface area (Å²) < 4.78 is 1.58. The van der Waals surface area contributed by atoms with Gasteiger partial charge >= 0.3 is 0 Å². The van der Waals surface area contributed by atoms with Crippen LogP contribution in [-0.4, -0.2) is 16.1 Å². The van der Waals surface area contributed by atoms with Crippen LogP contribution < -0.4 is 10.9 Å². The maximum atomic E-state index is 12.5. The SMILES string of the molecule is CCNCc1ccc(-c2nc3cc(Cl)ccc3c(=O)n2C)cc1. The summed E-state index contributed by atoms with van der Waals surface area (Å²) in [6.07, 6.45) is 0. The lowest BCUT2D eigenvalue weighted by Gasteiger charge is -2.10. The van der Waals surface area contributed by atoms with Crippen LogP contribution in [0.5, 0.6) is 0 Å². The number of benzene rings is 2. The number of nitrogens with one attached hydrogen (secondary N) is 1. The van der Waals surface area contributed by atoms with Crippen LogP contribution in [0.25, 0.3) is 22.3 Å². The number of hydrogen-bond acceptors (Lipinski definition) is 3. The summed E-state index contributed by atoms with van der Waals surface area (Å²) in [4.78, 5) is 17.1. The lowest BCUT2D eigenvalue weighted by Crippen LogP contribution is -2.20. The van der Waals surface area contributed by atoms with Crippen molar-refractivity contribution in [3.05, 3.63) is 63.4 Å². The van der Waals surface area contributed by atoms with Gasteiger partial charge in [0, 0.05) is 24.2 Å². The highest BCUT2D eigenvalue weighted by Gasteiger charge is 2.10. The minimum Gasteiger partial charge on any atom is -0.313 e. The van der Waals surface area contributed by atoms with Crippen molar-refractivity contribution in [2.75, 3.05) is 6.54 Å². The Bertz CT molecular complexity index is 901. The van der Waals surface area contributed by atoms with Crippen molar-refractivity contribution in [1.29, 1.82) is 0 Å². The Hall–Kier alpha value is -2.17. The molecular weight excluding hydrogens is 310 g/mol. The molecule has 0 fully saturated rings. The molecule has 4 nitrogen and oxygen atoms in total. The number of halogens is 1. The highest BCUT2D eigenvalue weighted by molar-refractivity contribution is 6.31. The Balaban J connectivity index is 2.08. The van der Waals surface area contributed by atoms with Gasteiger partial charge in [-0.3, -0.25) is 9.36 Å². The number of hydrogen-bond donors (Lipinski definition) is 1. The topological polar surface area (TPSA) is 46.9 Å². The van der Waals surface area contributed by atoms with Crippen molar-refractivity contribution in [3.63, 3.8) is 0 Å². The molecule has 23 heavy (non-hydrogen) atoms. The highest BCUT2D eigenvalue weighted by atomic mass is 35.5. The summed E-state index contributed by atoms with van der Waals surface area (Å²) in [6, 6.07) is 13.2. The molecule has 0 aliphatic carbocycles. The third-order valence-corrected chi connectivity index (χ3v) is 4.07. The molecule has 0 atom stereocenters. The van der Waals surface area contributed by atoms with Crippen LogP contribution in [0.2, 0.25) is 5.02 Å². The average Bonchev–Trinajstić information content (AvgIpc) is 2.56. The maximum Gasteiger partial charge on any atom is 0.261 e. The molecular formula is C18H18ClN3O. The Kier molecular flexibility index (Phi) is 4.46. The van der Waals surface area contributed by atoms with E-state index >= 15 is 0 Å². The first-order valence-corrected chi connectivity index (χ1v) is 7.94. The molecule has 1 heterocycles. The van der Waals surface area contributed by atoms with E-state index in [0.29, 0.717) is 21.7 Å². The molecule has 0 aliphatic rings. The fraction of sp³-hybridized carbons (Fsp3) is 0.222. The quantitative estimate of drug-likeness (QED) is 0.799. The van der Waals surface area contributed by atoms with Gasteiger partial charge in [0.15, 0.2) is 0 Å². The normalized spacial score (nSPS) is 11.1. The number of nitrogens with zero attached hydrogens (tertiary/aromatic N) is 2. The molecule has 3 rings (SSSR count). The largest absolute Gasteiger partial charge is 0.313 e. The standard InChI is InChI=1S/C18H18ClN3O/c1-3-20-11-12-4-6-13(7-5-12)17-21-16-10-14(19)8-9-15(16)18(23)22(17)2/h4-10,20H,3,11H2,1-2H3. The van der Waals surface area contributed by atoms with Gasteiger partial charge in [0.05, 0.1) is 10.9 Å². The van der Waals surface area contributed by atoms with Gasteiger partial charge in [-0.15, -0.1) is 0 Å². The summed E-state index contributed by atoms with van der Waals surface area (Å²) >= 11 is 6.02. The first-order valence-electron chi connectivity index (χ1n) is 7.56. The molecule has 0 spiro atoms. The first kappa shape index (κ1) is 15.7. The third-order valence-electron chi connectivity index (χ3n) is 3.83. The number of fused-ring (bicyclic) bond motifs is 1. The summed E-state index contributed by atoms with van der Waals surface area (Å²) in [6.45, 7) is 3.84. The van der Waals surface area contributed by atoms with E-state index in [1.165, 1.54) is 5.56 Å². The lowest BCUT2D eigenvalue weighted by atomic mass is 10.1. The van der Waals surface area contributed by atoms with E-state index in [1.807, 2.05) is 24.3 Å². The van der Waals surface area contributed by atoms with Crippen LogP contribution >= 0.6 is 11.6 Å². The van der Waals surface area contributed by atoms with Crippen molar-refractivity contribution in [1.82, 2.24) is 14.9 Å². The minimum absolute atomic E-state index is 0.0709. The average molecular weight is 328 g/mol. The van der Waals surface area contributed by atoms with Crippen molar-refractivity contribution in [2.45, 2.75) is 13.5 Å². The third kappa shape index (κ3) is 3.14. The van der Waals surface area contributed by atoms with Crippen LogP contribution in [0.1, 0.15) is 12.5 Å². The second-order valence-electron chi connectivity index (χ2n) is 5.44. The highest BCUT2D eigenvalue weighted by Crippen LogP contribution is 2.21. The first-order chi connectivity index (χ1) is 11.1. The van der Waals surface area contributed by atoms with Crippen LogP contribution in [0.15, 0.2) is 47.3 Å². The monoisotopic (exact) mass is 327 g/mol. The molecule has 0 bridgehead atoms. The smallest absolute Gasteiger partial charge is 0.261 e. The van der Waals surface area contributed by atoms with Gasteiger partial charge in [-0.1, -0.05) is 42.8 Å². The zero-order valence-corrected chi connectivity index (χ0v) is 13.9. The Morgan fingerprint density at radius 1 is 1.17 bits per heavy atom. The second-order valence-corrected chi connectivity index (χ2v) is 5.87. The predicted molar refractivity (Wildman–Crippen MR) is 94.8 cm³/mol. The van der Waals surface area contributed by atoms with E-state index in [-0.39, 0.29) is 5.56 Å². The van der Waals surface area contributed by atoms with E-state index in [9.17, 15) is 4.79 Å². The summed E-state index contributed by atoms with van der Waals surface area (Å²) in [5.41, 5.74) is 2.65. The predicted octanol–water partition coefficient (Wildman–Crippen LogP) is 3.36. The lowest BCUT2D eigenvalue weighted by molar-refractivity contribution is 0.727. The van der Waals surface area contributed by atoms with Gasteiger partial charge in [-0.2, -0.15) is 0 Å². The van der Waals surface area contributed by atoms with Crippen molar-refractivity contribution in [3.8, 4) is 11.4 Å². The van der Waals surface area contributed by atoms with Gasteiger partial charge in [0.25, 0.3) is 5.56 Å². The van der Waals surface area contributed by atoms with Gasteiger partial charge in [-0.25, -0.2) is 4.98 Å². The molecule has 1 aromatic heterocycles. The van der Waals surface area contributed by atoms with Gasteiger partial charge < -0.3 is 5.32 Å². The molecule has 1 N–H and O–H groups in total. The molecule has 0 saturated heterocycles. The Labute approximate surface area is 139 Å². The van der Waals surface area contributed by atoms with Gasteiger partial charge in [0.1, 0.15) is 5.82 Å². The van der Waals surface area contributed by atoms with E-state index in [0.717, 1.165) is 18.7 Å². The van der Waals surface area contributed by atoms with E-state index in [2.05, 4.69) is 17.2 Å². The maximum absolute atomic E-state index is 12.5. The molecule has 0 radical (unpaired) electrons. The van der Waals surface area contributed by atoms with Gasteiger partial charge in [-0.05, 0) is 30.3 Å². The molecule has 0 unspecified atom stereocenters. The summed E-state index contributed by atoms with van der Waals surface area (Å²) in [7, 11) is 1.74. The van der Waals surface area contributed by atoms with Gasteiger partial charge in [0.2, 0.25) is 0 Å². The van der Waals surface area contributed by atoms with Crippen LogP contribution in [0, 0.1) is 0 Å². The molecule has 5 heteroatoms. The molecule has 0 saturated carbocycles. The molecule has 2 aromatic carbocycles. The van der Waals surface area contributed by atoms with E-state index in [1.54, 1.807) is 29.8 Å². The van der Waals surface area contributed by atoms with E-state index < -0.39 is 0 Å². The minimum atomic E-state index is -0.0709. The zero-order valence-electron chi connectivity index (χ0n) is 13.1. The zero-order chi connectivity index (χ0) is 16.4.